The number of amides is 2. The van der Waals surface area contributed by atoms with E-state index in [0.717, 1.165) is 28.6 Å². The van der Waals surface area contributed by atoms with Crippen molar-refractivity contribution in [2.75, 3.05) is 32.7 Å². The summed E-state index contributed by atoms with van der Waals surface area (Å²) in [5, 5.41) is 5.86. The van der Waals surface area contributed by atoms with Gasteiger partial charge in [0, 0.05) is 30.6 Å². The van der Waals surface area contributed by atoms with Gasteiger partial charge in [0.2, 0.25) is 5.91 Å². The molecule has 4 rings (SSSR count). The number of hydrogen-bond acceptors (Lipinski definition) is 4. The second kappa shape index (κ2) is 9.94. The molecule has 0 radical (unpaired) electrons. The fourth-order valence-corrected chi connectivity index (χ4v) is 5.43. The minimum atomic E-state index is -0.0390. The average molecular weight is 446 g/mol. The van der Waals surface area contributed by atoms with Crippen LogP contribution in [-0.4, -0.2) is 54.3 Å². The molecule has 1 aromatic heterocycles. The standard InChI is InChI=1S/C23H28ClN3O2S/c24-19-7-2-1-6-18(19)20(26-11-3-4-12-26)16-25-22(28)17-9-13-27(14-10-17)23(29)21-8-5-15-30-21/h1-2,5-8,15,17,20H,3-4,9-14,16H2,(H,25,28)/t20-/m1/s1. The maximum atomic E-state index is 12.9. The number of halogens is 1. The molecular weight excluding hydrogens is 418 g/mol. The number of likely N-dealkylation sites (tertiary alicyclic amines) is 2. The molecule has 1 atom stereocenters. The molecule has 1 aromatic carbocycles. The lowest BCUT2D eigenvalue weighted by molar-refractivity contribution is -0.126. The maximum Gasteiger partial charge on any atom is 0.263 e. The van der Waals surface area contributed by atoms with Crippen molar-refractivity contribution in [2.45, 2.75) is 31.7 Å². The predicted molar refractivity (Wildman–Crippen MR) is 121 cm³/mol. The quantitative estimate of drug-likeness (QED) is 0.724. The highest BCUT2D eigenvalue weighted by atomic mass is 35.5. The molecule has 0 bridgehead atoms. The van der Waals surface area contributed by atoms with Crippen LogP contribution in [-0.2, 0) is 4.79 Å². The predicted octanol–water partition coefficient (Wildman–Crippen LogP) is 4.21. The van der Waals surface area contributed by atoms with E-state index < -0.39 is 0 Å². The summed E-state index contributed by atoms with van der Waals surface area (Å²) in [6.07, 6.45) is 3.80. The van der Waals surface area contributed by atoms with Gasteiger partial charge in [0.1, 0.15) is 0 Å². The average Bonchev–Trinajstić information content (AvgIpc) is 3.49. The van der Waals surface area contributed by atoms with Gasteiger partial charge in [0.25, 0.3) is 5.91 Å². The van der Waals surface area contributed by atoms with Crippen LogP contribution in [0.15, 0.2) is 41.8 Å². The highest BCUT2D eigenvalue weighted by Crippen LogP contribution is 2.30. The number of piperidine rings is 1. The fraction of sp³-hybridized carbons (Fsp3) is 0.478. The third-order valence-electron chi connectivity index (χ3n) is 6.20. The van der Waals surface area contributed by atoms with Gasteiger partial charge in [-0.2, -0.15) is 0 Å². The van der Waals surface area contributed by atoms with Crippen LogP contribution in [0.4, 0.5) is 0 Å². The van der Waals surface area contributed by atoms with E-state index in [0.29, 0.717) is 32.5 Å². The first-order chi connectivity index (χ1) is 14.6. The second-order valence-corrected chi connectivity index (χ2v) is 9.42. The molecule has 2 amide bonds. The smallest absolute Gasteiger partial charge is 0.263 e. The number of benzene rings is 1. The Morgan fingerprint density at radius 2 is 1.80 bits per heavy atom. The third kappa shape index (κ3) is 4.88. The lowest BCUT2D eigenvalue weighted by Gasteiger charge is -2.32. The van der Waals surface area contributed by atoms with E-state index in [1.165, 1.54) is 24.2 Å². The molecule has 160 valence electrons. The van der Waals surface area contributed by atoms with Gasteiger partial charge >= 0.3 is 0 Å². The Bertz CT molecular complexity index is 859. The van der Waals surface area contributed by atoms with Crippen LogP contribution >= 0.6 is 22.9 Å². The van der Waals surface area contributed by atoms with E-state index in [4.69, 9.17) is 11.6 Å². The molecule has 0 aliphatic carbocycles. The Balaban J connectivity index is 1.33. The van der Waals surface area contributed by atoms with Crippen molar-refractivity contribution in [3.05, 3.63) is 57.2 Å². The molecule has 2 aromatic rings. The van der Waals surface area contributed by atoms with Gasteiger partial charge in [-0.05, 0) is 61.8 Å². The van der Waals surface area contributed by atoms with Crippen LogP contribution in [0.1, 0.15) is 47.0 Å². The first-order valence-corrected chi connectivity index (χ1v) is 12.0. The summed E-state index contributed by atoms with van der Waals surface area (Å²) in [4.78, 5) is 30.4. The summed E-state index contributed by atoms with van der Waals surface area (Å²) >= 11 is 7.94. The molecule has 2 fully saturated rings. The van der Waals surface area contributed by atoms with Crippen LogP contribution in [0.2, 0.25) is 5.02 Å². The van der Waals surface area contributed by atoms with Crippen LogP contribution in [0, 0.1) is 5.92 Å². The number of hydrogen-bond donors (Lipinski definition) is 1. The normalized spacial score (nSPS) is 19.0. The Morgan fingerprint density at radius 1 is 1.07 bits per heavy atom. The number of nitrogens with zero attached hydrogens (tertiary/aromatic N) is 2. The molecule has 0 unspecified atom stereocenters. The van der Waals surface area contributed by atoms with E-state index >= 15 is 0 Å². The molecule has 7 heteroatoms. The summed E-state index contributed by atoms with van der Waals surface area (Å²) in [5.74, 6) is 0.133. The zero-order valence-electron chi connectivity index (χ0n) is 17.1. The Labute approximate surface area is 187 Å². The van der Waals surface area contributed by atoms with Crippen LogP contribution in [0.25, 0.3) is 0 Å². The molecule has 5 nitrogen and oxygen atoms in total. The summed E-state index contributed by atoms with van der Waals surface area (Å²) < 4.78 is 0. The number of carbonyl (C=O) groups excluding carboxylic acids is 2. The molecule has 30 heavy (non-hydrogen) atoms. The lowest BCUT2D eigenvalue weighted by atomic mass is 9.95. The topological polar surface area (TPSA) is 52.7 Å². The zero-order chi connectivity index (χ0) is 20.9. The first-order valence-electron chi connectivity index (χ1n) is 10.7. The van der Waals surface area contributed by atoms with Crippen molar-refractivity contribution in [3.63, 3.8) is 0 Å². The van der Waals surface area contributed by atoms with Crippen LogP contribution in [0.3, 0.4) is 0 Å². The highest BCUT2D eigenvalue weighted by Gasteiger charge is 2.30. The molecule has 0 spiro atoms. The van der Waals surface area contributed by atoms with Gasteiger partial charge in [-0.1, -0.05) is 35.9 Å². The Hall–Kier alpha value is -1.89. The number of nitrogens with one attached hydrogen (secondary N) is 1. The van der Waals surface area contributed by atoms with Crippen molar-refractivity contribution >= 4 is 34.8 Å². The zero-order valence-corrected chi connectivity index (χ0v) is 18.6. The van der Waals surface area contributed by atoms with Crippen molar-refractivity contribution in [1.82, 2.24) is 15.1 Å². The minimum Gasteiger partial charge on any atom is -0.354 e. The maximum absolute atomic E-state index is 12.9. The summed E-state index contributed by atoms with van der Waals surface area (Å²) in [5.41, 5.74) is 1.08. The van der Waals surface area contributed by atoms with Gasteiger partial charge in [-0.3, -0.25) is 14.5 Å². The Morgan fingerprint density at radius 3 is 2.47 bits per heavy atom. The van der Waals surface area contributed by atoms with Gasteiger partial charge in [-0.15, -0.1) is 11.3 Å². The van der Waals surface area contributed by atoms with Crippen molar-refractivity contribution in [2.24, 2.45) is 5.92 Å². The van der Waals surface area contributed by atoms with Gasteiger partial charge in [0.05, 0.1) is 10.9 Å². The van der Waals surface area contributed by atoms with E-state index in [9.17, 15) is 9.59 Å². The SMILES string of the molecule is O=C(NC[C@H](c1ccccc1Cl)N1CCCC1)C1CCN(C(=O)c2cccs2)CC1. The van der Waals surface area contributed by atoms with Crippen LogP contribution < -0.4 is 5.32 Å². The Kier molecular flexibility index (Phi) is 7.08. The van der Waals surface area contributed by atoms with Gasteiger partial charge < -0.3 is 10.2 Å². The highest BCUT2D eigenvalue weighted by molar-refractivity contribution is 7.12. The monoisotopic (exact) mass is 445 g/mol. The number of thiophene rings is 1. The lowest BCUT2D eigenvalue weighted by Crippen LogP contribution is -2.44. The van der Waals surface area contributed by atoms with E-state index in [1.54, 1.807) is 0 Å². The second-order valence-electron chi connectivity index (χ2n) is 8.07. The molecule has 2 aliphatic rings. The largest absolute Gasteiger partial charge is 0.354 e. The number of rotatable bonds is 6. The van der Waals surface area contributed by atoms with Crippen molar-refractivity contribution in [3.8, 4) is 0 Å². The summed E-state index contributed by atoms with van der Waals surface area (Å²) in [6.45, 7) is 3.91. The first kappa shape index (κ1) is 21.3. The van der Waals surface area contributed by atoms with E-state index in [2.05, 4.69) is 16.3 Å². The number of carbonyl (C=O) groups is 2. The summed E-state index contributed by atoms with van der Waals surface area (Å²) in [7, 11) is 0. The third-order valence-corrected chi connectivity index (χ3v) is 7.40. The molecule has 1 N–H and O–H groups in total. The minimum absolute atomic E-state index is 0.0390. The van der Waals surface area contributed by atoms with Gasteiger partial charge in [-0.25, -0.2) is 0 Å². The van der Waals surface area contributed by atoms with Crippen molar-refractivity contribution in [1.29, 1.82) is 0 Å². The van der Waals surface area contributed by atoms with Crippen molar-refractivity contribution < 1.29 is 9.59 Å². The van der Waals surface area contributed by atoms with E-state index in [1.807, 2.05) is 40.6 Å². The molecular formula is C23H28ClN3O2S. The molecule has 2 aliphatic heterocycles. The fourth-order valence-electron chi connectivity index (χ4n) is 4.48. The molecule has 0 saturated carbocycles. The van der Waals surface area contributed by atoms with Crippen LogP contribution in [0.5, 0.6) is 0 Å². The molecule has 3 heterocycles. The van der Waals surface area contributed by atoms with Gasteiger partial charge in [0.15, 0.2) is 0 Å². The van der Waals surface area contributed by atoms with E-state index in [-0.39, 0.29) is 23.8 Å². The molecule has 2 saturated heterocycles. The summed E-state index contributed by atoms with van der Waals surface area (Å²) in [6, 6.07) is 11.8.